The lowest BCUT2D eigenvalue weighted by molar-refractivity contribution is -0.138. The number of aromatic amines is 1. The van der Waals surface area contributed by atoms with Gasteiger partial charge >= 0.3 is 5.97 Å². The number of fused-ring (bicyclic) bond motifs is 1. The highest BCUT2D eigenvalue weighted by atomic mass is 79.9. The first-order valence-corrected chi connectivity index (χ1v) is 9.61. The van der Waals surface area contributed by atoms with Gasteiger partial charge in [-0.25, -0.2) is 8.42 Å². The predicted octanol–water partition coefficient (Wildman–Crippen LogP) is 2.97. The number of para-hydroxylation sites is 1. The van der Waals surface area contributed by atoms with Crippen LogP contribution in [0.5, 0.6) is 0 Å². The first-order chi connectivity index (χ1) is 13.4. The number of sulfonamides is 1. The van der Waals surface area contributed by atoms with E-state index in [4.69, 9.17) is 6.85 Å². The van der Waals surface area contributed by atoms with Crippen LogP contribution in [0.4, 0.5) is 0 Å². The number of hydrogen-bond acceptors (Lipinski definition) is 4. The van der Waals surface area contributed by atoms with Gasteiger partial charge in [-0.1, -0.05) is 18.1 Å². The molecule has 0 bridgehead atoms. The van der Waals surface area contributed by atoms with Crippen LogP contribution < -0.4 is 4.72 Å². The van der Waals surface area contributed by atoms with E-state index in [0.717, 1.165) is 11.3 Å². The average Bonchev–Trinajstić information content (AvgIpc) is 3.22. The number of hydrogen-bond donors (Lipinski definition) is 3. The normalized spacial score (nSPS) is 16.1. The molecule has 6 nitrogen and oxygen atoms in total. The maximum atomic E-state index is 12.5. The zero-order valence-corrected chi connectivity index (χ0v) is 15.0. The largest absolute Gasteiger partial charge is 0.480 e. The molecule has 1 aromatic carbocycles. The van der Waals surface area contributed by atoms with E-state index < -0.39 is 52.6 Å². The number of rotatable bonds is 6. The molecule has 2 heterocycles. The van der Waals surface area contributed by atoms with Crippen LogP contribution in [0.2, 0.25) is 0 Å². The van der Waals surface area contributed by atoms with Crippen LogP contribution in [0.15, 0.2) is 50.5 Å². The van der Waals surface area contributed by atoms with E-state index >= 15 is 0 Å². The molecule has 0 fully saturated rings. The van der Waals surface area contributed by atoms with E-state index in [0.29, 0.717) is 3.79 Å². The molecular weight excluding hydrogens is 416 g/mol. The lowest BCUT2D eigenvalue weighted by Crippen LogP contribution is -2.41. The molecule has 126 valence electrons. The molecule has 2 aromatic heterocycles. The lowest BCUT2D eigenvalue weighted by atomic mass is 10.1. The van der Waals surface area contributed by atoms with Crippen molar-refractivity contribution >= 4 is 54.2 Å². The van der Waals surface area contributed by atoms with E-state index in [2.05, 4.69) is 25.6 Å². The summed E-state index contributed by atoms with van der Waals surface area (Å²) in [5.74, 6) is -1.49. The highest BCUT2D eigenvalue weighted by Gasteiger charge is 2.27. The molecule has 0 saturated heterocycles. The summed E-state index contributed by atoms with van der Waals surface area (Å²) in [5.41, 5.74) is -0.0559. The first kappa shape index (κ1) is 11.8. The smallest absolute Gasteiger partial charge is 0.322 e. The number of halogens is 1. The van der Waals surface area contributed by atoms with E-state index in [1.807, 2.05) is 0 Å². The summed E-state index contributed by atoms with van der Waals surface area (Å²) < 4.78 is 67.1. The number of nitrogens with one attached hydrogen (secondary N) is 2. The summed E-state index contributed by atoms with van der Waals surface area (Å²) in [5, 5.41) is 9.48. The molecule has 0 amide bonds. The minimum Gasteiger partial charge on any atom is -0.480 e. The highest BCUT2D eigenvalue weighted by Crippen LogP contribution is 2.26. The number of carbonyl (C=O) groups is 1. The highest BCUT2D eigenvalue weighted by molar-refractivity contribution is 9.11. The Hall–Kier alpha value is -1.68. The third-order valence-electron chi connectivity index (χ3n) is 3.14. The Morgan fingerprint density at radius 3 is 2.83 bits per heavy atom. The molecule has 1 unspecified atom stereocenters. The lowest BCUT2D eigenvalue weighted by Gasteiger charge is -2.13. The number of thiophene rings is 1. The van der Waals surface area contributed by atoms with Gasteiger partial charge in [-0.3, -0.25) is 4.79 Å². The summed E-state index contributed by atoms with van der Waals surface area (Å²) in [7, 11) is -4.15. The Morgan fingerprint density at radius 2 is 2.17 bits per heavy atom. The van der Waals surface area contributed by atoms with Crippen LogP contribution >= 0.6 is 27.3 Å². The van der Waals surface area contributed by atoms with Crippen molar-refractivity contribution in [2.24, 2.45) is 0 Å². The molecule has 0 saturated carbocycles. The van der Waals surface area contributed by atoms with Gasteiger partial charge in [0.1, 0.15) is 10.3 Å². The van der Waals surface area contributed by atoms with E-state index in [1.54, 1.807) is 0 Å². The molecule has 3 N–H and O–H groups in total. The average molecular weight is 434 g/mol. The Morgan fingerprint density at radius 1 is 1.42 bits per heavy atom. The van der Waals surface area contributed by atoms with Gasteiger partial charge in [0.15, 0.2) is 0 Å². The van der Waals surface area contributed by atoms with Crippen molar-refractivity contribution in [2.45, 2.75) is 16.7 Å². The fourth-order valence-electron chi connectivity index (χ4n) is 2.06. The van der Waals surface area contributed by atoms with Gasteiger partial charge in [0.25, 0.3) is 10.0 Å². The fourth-order valence-corrected chi connectivity index (χ4v) is 5.27. The first-order valence-electron chi connectivity index (χ1n) is 9.02. The Kier molecular flexibility index (Phi) is 3.28. The fraction of sp³-hybridized carbons (Fsp3) is 0.133. The number of aromatic nitrogens is 1. The molecule has 1 atom stereocenters. The maximum absolute atomic E-state index is 12.5. The van der Waals surface area contributed by atoms with Crippen LogP contribution in [-0.4, -0.2) is 30.5 Å². The Bertz CT molecular complexity index is 1240. The summed E-state index contributed by atoms with van der Waals surface area (Å²) in [6.45, 7) is 0. The molecule has 9 heteroatoms. The molecule has 24 heavy (non-hydrogen) atoms. The third-order valence-corrected chi connectivity index (χ3v) is 6.73. The van der Waals surface area contributed by atoms with Crippen molar-refractivity contribution in [1.82, 2.24) is 9.71 Å². The third kappa shape index (κ3) is 3.54. The van der Waals surface area contributed by atoms with E-state index in [-0.39, 0.29) is 26.8 Å². The van der Waals surface area contributed by atoms with Crippen molar-refractivity contribution < 1.29 is 25.2 Å². The summed E-state index contributed by atoms with van der Waals surface area (Å²) >= 11 is 4.04. The van der Waals surface area contributed by atoms with Gasteiger partial charge in [-0.15, -0.1) is 11.3 Å². The van der Waals surface area contributed by atoms with Crippen LogP contribution in [0, 0.1) is 0 Å². The number of aliphatic carboxylic acids is 1. The molecule has 0 aliphatic carbocycles. The van der Waals surface area contributed by atoms with Crippen LogP contribution in [0.3, 0.4) is 0 Å². The van der Waals surface area contributed by atoms with Gasteiger partial charge < -0.3 is 10.1 Å². The number of benzene rings is 1. The van der Waals surface area contributed by atoms with Crippen molar-refractivity contribution in [3.8, 4) is 0 Å². The zero-order valence-electron chi connectivity index (χ0n) is 16.8. The number of carboxylic acid groups (broad SMARTS) is 1. The van der Waals surface area contributed by atoms with Crippen molar-refractivity contribution in [2.75, 3.05) is 0 Å². The van der Waals surface area contributed by atoms with Gasteiger partial charge in [-0.2, -0.15) is 4.72 Å². The molecule has 3 aromatic rings. The minimum atomic E-state index is -4.15. The topological polar surface area (TPSA) is 99.3 Å². The van der Waals surface area contributed by atoms with Gasteiger partial charge in [0, 0.05) is 23.5 Å². The molecule has 0 aliphatic heterocycles. The number of H-pyrrole nitrogens is 1. The second kappa shape index (κ2) is 6.67. The second-order valence-electron chi connectivity index (χ2n) is 4.75. The predicted molar refractivity (Wildman–Crippen MR) is 95.8 cm³/mol. The van der Waals surface area contributed by atoms with Gasteiger partial charge in [0.2, 0.25) is 0 Å². The minimum absolute atomic E-state index is 0.0190. The Labute approximate surface area is 157 Å². The van der Waals surface area contributed by atoms with Crippen LogP contribution in [0.25, 0.3) is 10.9 Å². The summed E-state index contributed by atoms with van der Waals surface area (Å²) in [6.07, 6.45) is -0.793. The van der Waals surface area contributed by atoms with Crippen LogP contribution in [0.1, 0.15) is 12.4 Å². The summed E-state index contributed by atoms with van der Waals surface area (Å²) in [4.78, 5) is 14.2. The quantitative estimate of drug-likeness (QED) is 0.556. The molecule has 0 spiro atoms. The zero-order chi connectivity index (χ0) is 21.7. The second-order valence-corrected chi connectivity index (χ2v) is 9.16. The van der Waals surface area contributed by atoms with E-state index in [1.165, 1.54) is 12.1 Å². The SMILES string of the molecule is [2H]c1[nH]c2c([2H])c([2H])c([2H])c([2H])c2c1CC(NS(=O)(=O)c1ccc(Br)s1)C(=O)O. The van der Waals surface area contributed by atoms with Gasteiger partial charge in [-0.05, 0) is 39.7 Å². The molecule has 0 aliphatic rings. The van der Waals surface area contributed by atoms with Crippen molar-refractivity contribution in [1.29, 1.82) is 0 Å². The summed E-state index contributed by atoms with van der Waals surface area (Å²) in [6, 6.07) is -0.673. The standard InChI is InChI=1S/C15H13BrN2O4S2/c16-13-5-6-14(23-13)24(21,22)18-12(15(19)20)7-9-8-17-11-4-2-1-3-10(9)11/h1-6,8,12,17-18H,7H2,(H,19,20)/i1D,2D,3D,4D,8D. The monoisotopic (exact) mass is 433 g/mol. The van der Waals surface area contributed by atoms with E-state index in [9.17, 15) is 18.3 Å². The molecular formula is C15H13BrN2O4S2. The van der Waals surface area contributed by atoms with Crippen molar-refractivity contribution in [3.05, 3.63) is 51.8 Å². The van der Waals surface area contributed by atoms with Crippen molar-refractivity contribution in [3.63, 3.8) is 0 Å². The van der Waals surface area contributed by atoms with Gasteiger partial charge in [0.05, 0.1) is 10.6 Å². The maximum Gasteiger partial charge on any atom is 0.322 e. The molecule has 3 rings (SSSR count). The number of carboxylic acids is 1. The Balaban J connectivity index is 2.05. The molecule has 0 radical (unpaired) electrons. The van der Waals surface area contributed by atoms with Crippen LogP contribution in [-0.2, 0) is 21.2 Å².